The van der Waals surface area contributed by atoms with E-state index < -0.39 is 0 Å². The lowest BCUT2D eigenvalue weighted by molar-refractivity contribution is 0.471. The number of H-pyrrole nitrogens is 1. The molecule has 0 fully saturated rings. The number of fused-ring (bicyclic) bond motifs is 1. The van der Waals surface area contributed by atoms with Gasteiger partial charge in [0.2, 0.25) is 0 Å². The molecule has 0 atom stereocenters. The number of hydrogen-bond donors (Lipinski definition) is 1. The summed E-state index contributed by atoms with van der Waals surface area (Å²) in [6.45, 7) is 7.90. The van der Waals surface area contributed by atoms with E-state index in [-0.39, 0.29) is 11.7 Å². The maximum Gasteiger partial charge on any atom is 0.327 e. The van der Waals surface area contributed by atoms with Crippen molar-refractivity contribution in [3.63, 3.8) is 0 Å². The van der Waals surface area contributed by atoms with Gasteiger partial charge in [0.05, 0.1) is 5.52 Å². The van der Waals surface area contributed by atoms with E-state index >= 15 is 0 Å². The molecule has 90 valence electrons. The second-order valence-corrected chi connectivity index (χ2v) is 4.11. The predicted molar refractivity (Wildman–Crippen MR) is 70.1 cm³/mol. The second kappa shape index (κ2) is 4.57. The Balaban J connectivity index is 2.71. The lowest BCUT2D eigenvalue weighted by Crippen LogP contribution is -2.21. The minimum absolute atomic E-state index is 0.0811. The Morgan fingerprint density at radius 2 is 2.24 bits per heavy atom. The summed E-state index contributed by atoms with van der Waals surface area (Å²) in [4.78, 5) is 19.0. The van der Waals surface area contributed by atoms with E-state index in [4.69, 9.17) is 0 Å². The Hall–Kier alpha value is -1.84. The van der Waals surface area contributed by atoms with Crippen LogP contribution in [0.15, 0.2) is 23.6 Å². The maximum atomic E-state index is 11.9. The van der Waals surface area contributed by atoms with Crippen LogP contribution in [0.5, 0.6) is 0 Å². The average Bonchev–Trinajstić information content (AvgIpc) is 2.67. The zero-order chi connectivity index (χ0) is 12.4. The van der Waals surface area contributed by atoms with Crippen molar-refractivity contribution in [3.05, 3.63) is 34.9 Å². The molecule has 17 heavy (non-hydrogen) atoms. The quantitative estimate of drug-likeness (QED) is 0.879. The van der Waals surface area contributed by atoms with Gasteiger partial charge < -0.3 is 0 Å². The minimum atomic E-state index is -0.0811. The molecule has 2 heterocycles. The highest BCUT2D eigenvalue weighted by molar-refractivity contribution is 5.73. The fraction of sp³-hybridized carbons (Fsp3) is 0.385. The van der Waals surface area contributed by atoms with Crippen LogP contribution in [0.1, 0.15) is 38.3 Å². The normalized spacial score (nSPS) is 11.2. The third kappa shape index (κ3) is 1.90. The van der Waals surface area contributed by atoms with Crippen molar-refractivity contribution in [1.29, 1.82) is 0 Å². The number of imidazole rings is 1. The largest absolute Gasteiger partial charge is 0.327 e. The molecule has 2 aromatic heterocycles. The molecule has 0 radical (unpaired) electrons. The Labute approximate surface area is 100.0 Å². The van der Waals surface area contributed by atoms with Crippen molar-refractivity contribution in [2.24, 2.45) is 0 Å². The summed E-state index contributed by atoms with van der Waals surface area (Å²) < 4.78 is 1.80. The highest BCUT2D eigenvalue weighted by Crippen LogP contribution is 2.19. The van der Waals surface area contributed by atoms with Gasteiger partial charge in [-0.05, 0) is 24.5 Å². The van der Waals surface area contributed by atoms with Gasteiger partial charge in [0.15, 0.2) is 5.65 Å². The highest BCUT2D eigenvalue weighted by Gasteiger charge is 2.14. The molecular formula is C13H17N3O. The van der Waals surface area contributed by atoms with Gasteiger partial charge >= 0.3 is 5.69 Å². The molecule has 0 aliphatic rings. The van der Waals surface area contributed by atoms with Crippen LogP contribution in [0.3, 0.4) is 0 Å². The first-order valence-corrected chi connectivity index (χ1v) is 5.94. The van der Waals surface area contributed by atoms with Crippen molar-refractivity contribution >= 4 is 17.2 Å². The summed E-state index contributed by atoms with van der Waals surface area (Å²) in [5.41, 5.74) is 2.35. The van der Waals surface area contributed by atoms with Gasteiger partial charge in [-0.3, -0.25) is 9.55 Å². The fourth-order valence-corrected chi connectivity index (χ4v) is 2.15. The zero-order valence-electron chi connectivity index (χ0n) is 10.2. The van der Waals surface area contributed by atoms with Gasteiger partial charge in [0, 0.05) is 12.2 Å². The lowest BCUT2D eigenvalue weighted by atomic mass is 10.1. The van der Waals surface area contributed by atoms with Crippen molar-refractivity contribution in [2.75, 3.05) is 0 Å². The van der Waals surface area contributed by atoms with E-state index in [9.17, 15) is 4.79 Å². The summed E-state index contributed by atoms with van der Waals surface area (Å²) in [7, 11) is 0. The lowest BCUT2D eigenvalue weighted by Gasteiger charge is -2.14. The maximum absolute atomic E-state index is 11.9. The molecule has 4 heteroatoms. The van der Waals surface area contributed by atoms with E-state index in [0.717, 1.165) is 23.9 Å². The summed E-state index contributed by atoms with van der Waals surface area (Å²) >= 11 is 0. The van der Waals surface area contributed by atoms with Crippen LogP contribution in [-0.2, 0) is 0 Å². The molecule has 0 spiro atoms. The van der Waals surface area contributed by atoms with Crippen molar-refractivity contribution in [2.45, 2.75) is 32.7 Å². The summed E-state index contributed by atoms with van der Waals surface area (Å²) in [5.74, 6) is 0. The van der Waals surface area contributed by atoms with Crippen LogP contribution >= 0.6 is 0 Å². The topological polar surface area (TPSA) is 50.7 Å². The smallest absolute Gasteiger partial charge is 0.290 e. The highest BCUT2D eigenvalue weighted by atomic mass is 16.1. The molecule has 2 aromatic rings. The molecule has 0 bridgehead atoms. The molecule has 4 nitrogen and oxygen atoms in total. The molecule has 0 saturated heterocycles. The Morgan fingerprint density at radius 3 is 2.82 bits per heavy atom. The number of aromatic nitrogens is 3. The van der Waals surface area contributed by atoms with Gasteiger partial charge in [-0.15, -0.1) is 0 Å². The van der Waals surface area contributed by atoms with Gasteiger partial charge in [-0.2, -0.15) is 0 Å². The monoisotopic (exact) mass is 231 g/mol. The summed E-state index contributed by atoms with van der Waals surface area (Å²) in [6.07, 6.45) is 5.31. The standard InChI is InChI=1S/C13H17N3O/c1-4-9-7-11-12(14-8-9)15-13(17)16(11)10(5-2)6-3/h4,7-8,10H,1,5-6H2,2-3H3,(H,14,15,17). The number of aromatic amines is 1. The molecule has 0 saturated carbocycles. The minimum Gasteiger partial charge on any atom is -0.290 e. The van der Waals surface area contributed by atoms with Crippen LogP contribution in [0.25, 0.3) is 17.2 Å². The molecule has 1 N–H and O–H groups in total. The number of nitrogens with one attached hydrogen (secondary N) is 1. The number of pyridine rings is 1. The first-order chi connectivity index (χ1) is 8.21. The first-order valence-electron chi connectivity index (χ1n) is 5.94. The Bertz CT molecular complexity index is 590. The second-order valence-electron chi connectivity index (χ2n) is 4.11. The van der Waals surface area contributed by atoms with E-state index in [0.29, 0.717) is 5.65 Å². The molecular weight excluding hydrogens is 214 g/mol. The number of nitrogens with zero attached hydrogens (tertiary/aromatic N) is 2. The SMILES string of the molecule is C=Cc1cnc2[nH]c(=O)n(C(CC)CC)c2c1. The van der Waals surface area contributed by atoms with E-state index in [1.165, 1.54) is 0 Å². The van der Waals surface area contributed by atoms with Crippen molar-refractivity contribution < 1.29 is 0 Å². The van der Waals surface area contributed by atoms with Crippen LogP contribution in [-0.4, -0.2) is 14.5 Å². The fourth-order valence-electron chi connectivity index (χ4n) is 2.15. The van der Waals surface area contributed by atoms with Gasteiger partial charge in [-0.1, -0.05) is 26.5 Å². The molecule has 0 unspecified atom stereocenters. The van der Waals surface area contributed by atoms with Crippen molar-refractivity contribution in [3.8, 4) is 0 Å². The summed E-state index contributed by atoms with van der Waals surface area (Å²) in [5, 5.41) is 0. The van der Waals surface area contributed by atoms with Gasteiger partial charge in [-0.25, -0.2) is 9.78 Å². The molecule has 0 aliphatic heterocycles. The molecule has 0 aliphatic carbocycles. The first kappa shape index (κ1) is 11.6. The third-order valence-corrected chi connectivity index (χ3v) is 3.14. The number of hydrogen-bond acceptors (Lipinski definition) is 2. The molecule has 2 rings (SSSR count). The van der Waals surface area contributed by atoms with Crippen LogP contribution in [0, 0.1) is 0 Å². The van der Waals surface area contributed by atoms with Crippen LogP contribution < -0.4 is 5.69 Å². The van der Waals surface area contributed by atoms with Crippen LogP contribution in [0.2, 0.25) is 0 Å². The molecule has 0 amide bonds. The zero-order valence-corrected chi connectivity index (χ0v) is 10.2. The van der Waals surface area contributed by atoms with E-state index in [1.807, 2.05) is 6.07 Å². The predicted octanol–water partition coefficient (Wildman–Crippen LogP) is 2.73. The van der Waals surface area contributed by atoms with E-state index in [1.54, 1.807) is 16.8 Å². The molecule has 0 aromatic carbocycles. The Morgan fingerprint density at radius 1 is 1.53 bits per heavy atom. The van der Waals surface area contributed by atoms with Gasteiger partial charge in [0.25, 0.3) is 0 Å². The Kier molecular flexibility index (Phi) is 3.13. The van der Waals surface area contributed by atoms with Crippen molar-refractivity contribution in [1.82, 2.24) is 14.5 Å². The average molecular weight is 231 g/mol. The van der Waals surface area contributed by atoms with Crippen LogP contribution in [0.4, 0.5) is 0 Å². The van der Waals surface area contributed by atoms with E-state index in [2.05, 4.69) is 30.4 Å². The van der Waals surface area contributed by atoms with Gasteiger partial charge in [0.1, 0.15) is 0 Å². The summed E-state index contributed by atoms with van der Waals surface area (Å²) in [6, 6.07) is 2.17. The third-order valence-electron chi connectivity index (χ3n) is 3.14. The number of rotatable bonds is 4.